The van der Waals surface area contributed by atoms with Gasteiger partial charge in [-0.05, 0) is 18.9 Å². The van der Waals surface area contributed by atoms with Crippen molar-refractivity contribution in [3.63, 3.8) is 0 Å². The average molecular weight is 321 g/mol. The molecule has 2 heterocycles. The summed E-state index contributed by atoms with van der Waals surface area (Å²) < 4.78 is 28.8. The van der Waals surface area contributed by atoms with Crippen LogP contribution in [0.15, 0.2) is 17.2 Å². The van der Waals surface area contributed by atoms with Crippen molar-refractivity contribution in [1.82, 2.24) is 8.87 Å². The van der Waals surface area contributed by atoms with Gasteiger partial charge in [-0.2, -0.15) is 16.1 Å². The predicted molar refractivity (Wildman–Crippen MR) is 78.3 cm³/mol. The van der Waals surface area contributed by atoms with Crippen LogP contribution in [0.25, 0.3) is 0 Å². The minimum absolute atomic E-state index is 0.363. The second-order valence-electron chi connectivity index (χ2n) is 4.96. The minimum atomic E-state index is -3.34. The fourth-order valence-electron chi connectivity index (χ4n) is 2.37. The van der Waals surface area contributed by atoms with E-state index in [4.69, 9.17) is 11.6 Å². The number of alkyl halides is 1. The lowest BCUT2D eigenvalue weighted by molar-refractivity contribution is 0.443. The third-order valence-electron chi connectivity index (χ3n) is 3.59. The molecule has 1 aliphatic heterocycles. The maximum atomic E-state index is 12.6. The Morgan fingerprint density at radius 2 is 2.00 bits per heavy atom. The molecule has 1 saturated carbocycles. The van der Waals surface area contributed by atoms with Gasteiger partial charge in [0.25, 0.3) is 0 Å². The highest BCUT2D eigenvalue weighted by atomic mass is 35.5. The van der Waals surface area contributed by atoms with Gasteiger partial charge in [0.05, 0.1) is 5.88 Å². The number of rotatable bonds is 4. The van der Waals surface area contributed by atoms with Crippen LogP contribution in [0.1, 0.15) is 24.6 Å². The third-order valence-corrected chi connectivity index (χ3v) is 6.67. The number of halogens is 1. The zero-order valence-corrected chi connectivity index (χ0v) is 13.0. The Kier molecular flexibility index (Phi) is 3.86. The van der Waals surface area contributed by atoms with E-state index in [0.29, 0.717) is 29.9 Å². The van der Waals surface area contributed by atoms with Gasteiger partial charge in [-0.1, -0.05) is 0 Å². The van der Waals surface area contributed by atoms with E-state index in [0.717, 1.165) is 30.0 Å². The minimum Gasteiger partial charge on any atom is -0.346 e. The molecule has 1 aromatic heterocycles. The first kappa shape index (κ1) is 13.8. The Morgan fingerprint density at radius 1 is 1.32 bits per heavy atom. The molecule has 0 aromatic carbocycles. The fraction of sp³-hybridized carbons (Fsp3) is 0.667. The molecule has 0 radical (unpaired) electrons. The van der Waals surface area contributed by atoms with Gasteiger partial charge >= 0.3 is 0 Å². The summed E-state index contributed by atoms with van der Waals surface area (Å²) >= 11 is 7.73. The van der Waals surface area contributed by atoms with Crippen LogP contribution in [0.2, 0.25) is 0 Å². The maximum absolute atomic E-state index is 12.6. The number of nitrogens with zero attached hydrogens (tertiary/aromatic N) is 2. The number of thioether (sulfide) groups is 1. The zero-order valence-electron chi connectivity index (χ0n) is 10.6. The molecular formula is C12H17ClN2O2S2. The molecule has 2 fully saturated rings. The highest BCUT2D eigenvalue weighted by Gasteiger charge is 2.31. The molecule has 0 unspecified atom stereocenters. The Labute approximate surface area is 123 Å². The van der Waals surface area contributed by atoms with E-state index >= 15 is 0 Å². The molecule has 0 N–H and O–H groups in total. The summed E-state index contributed by atoms with van der Waals surface area (Å²) in [5.74, 6) is 2.12. The quantitative estimate of drug-likeness (QED) is 0.799. The van der Waals surface area contributed by atoms with Crippen LogP contribution >= 0.6 is 23.4 Å². The second-order valence-corrected chi connectivity index (χ2v) is 8.39. The SMILES string of the molecule is O=S(=O)(c1cc(CCl)n(C2CC2)c1)N1CCSCC1. The second kappa shape index (κ2) is 5.31. The van der Waals surface area contributed by atoms with Crippen molar-refractivity contribution in [3.05, 3.63) is 18.0 Å². The summed E-state index contributed by atoms with van der Waals surface area (Å²) in [5, 5.41) is 0. The summed E-state index contributed by atoms with van der Waals surface area (Å²) in [7, 11) is -3.34. The largest absolute Gasteiger partial charge is 0.346 e. The fourth-order valence-corrected chi connectivity index (χ4v) is 5.22. The molecule has 0 bridgehead atoms. The molecule has 3 rings (SSSR count). The zero-order chi connectivity index (χ0) is 13.5. The topological polar surface area (TPSA) is 42.3 Å². The summed E-state index contributed by atoms with van der Waals surface area (Å²) in [6.07, 6.45) is 4.02. The molecule has 0 amide bonds. The lowest BCUT2D eigenvalue weighted by Crippen LogP contribution is -2.37. The van der Waals surface area contributed by atoms with Gasteiger partial charge in [0.15, 0.2) is 0 Å². The first-order chi connectivity index (χ1) is 9.13. The highest BCUT2D eigenvalue weighted by molar-refractivity contribution is 7.99. The molecule has 7 heteroatoms. The smallest absolute Gasteiger partial charge is 0.244 e. The summed E-state index contributed by atoms with van der Waals surface area (Å²) in [5.41, 5.74) is 0.911. The Morgan fingerprint density at radius 3 is 2.58 bits per heavy atom. The van der Waals surface area contributed by atoms with Gasteiger partial charge in [-0.3, -0.25) is 0 Å². The molecule has 0 spiro atoms. The summed E-state index contributed by atoms with van der Waals surface area (Å²) in [6, 6.07) is 2.19. The van der Waals surface area contributed by atoms with Gasteiger partial charge in [-0.25, -0.2) is 8.42 Å². The van der Waals surface area contributed by atoms with Crippen LogP contribution in [0.5, 0.6) is 0 Å². The van der Waals surface area contributed by atoms with Gasteiger partial charge in [0, 0.05) is 42.5 Å². The van der Waals surface area contributed by atoms with Gasteiger partial charge in [0.1, 0.15) is 4.90 Å². The first-order valence-corrected chi connectivity index (χ1v) is 9.60. The molecular weight excluding hydrogens is 304 g/mol. The van der Waals surface area contributed by atoms with E-state index in [1.165, 1.54) is 0 Å². The van der Waals surface area contributed by atoms with E-state index in [1.54, 1.807) is 28.3 Å². The Balaban J connectivity index is 1.91. The molecule has 19 heavy (non-hydrogen) atoms. The average Bonchev–Trinajstić information content (AvgIpc) is 3.18. The molecule has 1 aromatic rings. The van der Waals surface area contributed by atoms with Crippen LogP contribution in [0.3, 0.4) is 0 Å². The molecule has 106 valence electrons. The van der Waals surface area contributed by atoms with Crippen LogP contribution in [0, 0.1) is 0 Å². The number of hydrogen-bond acceptors (Lipinski definition) is 3. The maximum Gasteiger partial charge on any atom is 0.244 e. The van der Waals surface area contributed by atoms with Crippen molar-refractivity contribution in [2.75, 3.05) is 24.6 Å². The molecule has 2 aliphatic rings. The van der Waals surface area contributed by atoms with Crippen LogP contribution in [-0.2, 0) is 15.9 Å². The number of sulfonamides is 1. The van der Waals surface area contributed by atoms with E-state index in [9.17, 15) is 8.42 Å². The molecule has 1 saturated heterocycles. The lowest BCUT2D eigenvalue weighted by atomic mass is 10.5. The van der Waals surface area contributed by atoms with Gasteiger partial charge in [-0.15, -0.1) is 11.6 Å². The predicted octanol–water partition coefficient (Wildman–Crippen LogP) is 2.30. The number of aromatic nitrogens is 1. The summed E-state index contributed by atoms with van der Waals surface area (Å²) in [4.78, 5) is 0.405. The van der Waals surface area contributed by atoms with E-state index in [1.807, 2.05) is 4.57 Å². The highest BCUT2D eigenvalue weighted by Crippen LogP contribution is 2.38. The lowest BCUT2D eigenvalue weighted by Gasteiger charge is -2.25. The van der Waals surface area contributed by atoms with E-state index in [-0.39, 0.29) is 0 Å². The van der Waals surface area contributed by atoms with Crippen molar-refractivity contribution in [2.24, 2.45) is 0 Å². The Hall–Kier alpha value is -0.170. The van der Waals surface area contributed by atoms with Crippen molar-refractivity contribution in [1.29, 1.82) is 0 Å². The third kappa shape index (κ3) is 2.68. The van der Waals surface area contributed by atoms with Crippen molar-refractivity contribution in [2.45, 2.75) is 29.7 Å². The standard InChI is InChI=1S/C12H17ClN2O2S2/c13-8-11-7-12(9-15(11)10-1-2-10)19(16,17)14-3-5-18-6-4-14/h7,9-10H,1-6,8H2. The van der Waals surface area contributed by atoms with Crippen LogP contribution in [0.4, 0.5) is 0 Å². The number of hydrogen-bond donors (Lipinski definition) is 0. The first-order valence-electron chi connectivity index (χ1n) is 6.47. The van der Waals surface area contributed by atoms with Crippen molar-refractivity contribution in [3.8, 4) is 0 Å². The van der Waals surface area contributed by atoms with E-state index in [2.05, 4.69) is 0 Å². The van der Waals surface area contributed by atoms with Gasteiger partial charge < -0.3 is 4.57 Å². The summed E-state index contributed by atoms with van der Waals surface area (Å²) in [6.45, 7) is 1.22. The Bertz CT molecular complexity index is 560. The monoisotopic (exact) mass is 320 g/mol. The van der Waals surface area contributed by atoms with Crippen molar-refractivity contribution >= 4 is 33.4 Å². The molecule has 0 atom stereocenters. The van der Waals surface area contributed by atoms with E-state index < -0.39 is 10.0 Å². The van der Waals surface area contributed by atoms with Crippen LogP contribution in [-0.4, -0.2) is 41.9 Å². The van der Waals surface area contributed by atoms with Crippen LogP contribution < -0.4 is 0 Å². The normalized spacial score (nSPS) is 21.7. The molecule has 4 nitrogen and oxygen atoms in total. The van der Waals surface area contributed by atoms with Crippen molar-refractivity contribution < 1.29 is 8.42 Å². The molecule has 1 aliphatic carbocycles. The van der Waals surface area contributed by atoms with Gasteiger partial charge in [0.2, 0.25) is 10.0 Å².